The maximum absolute atomic E-state index is 13.9. The highest BCUT2D eigenvalue weighted by Crippen LogP contribution is 2.48. The molecule has 0 saturated heterocycles. The molecule has 3 aromatic heterocycles. The van der Waals surface area contributed by atoms with Gasteiger partial charge in [0.1, 0.15) is 17.4 Å². The highest BCUT2D eigenvalue weighted by Gasteiger charge is 2.53. The van der Waals surface area contributed by atoms with Crippen molar-refractivity contribution in [2.45, 2.75) is 37.8 Å². The fourth-order valence-corrected chi connectivity index (χ4v) is 4.14. The lowest BCUT2D eigenvalue weighted by molar-refractivity contribution is 0.0654. The van der Waals surface area contributed by atoms with Crippen LogP contribution in [0.3, 0.4) is 0 Å². The van der Waals surface area contributed by atoms with E-state index in [0.29, 0.717) is 16.5 Å². The van der Waals surface area contributed by atoms with Gasteiger partial charge in [-0.3, -0.25) is 9.59 Å². The normalized spacial score (nSPS) is 16.1. The van der Waals surface area contributed by atoms with Crippen LogP contribution in [0, 0.1) is 5.82 Å². The summed E-state index contributed by atoms with van der Waals surface area (Å²) < 4.78 is 48.7. The third-order valence-corrected chi connectivity index (χ3v) is 6.13. The van der Waals surface area contributed by atoms with E-state index in [4.69, 9.17) is 4.42 Å². The van der Waals surface area contributed by atoms with Crippen molar-refractivity contribution >= 4 is 27.6 Å². The highest BCUT2D eigenvalue weighted by atomic mass is 19.3. The van der Waals surface area contributed by atoms with Gasteiger partial charge in [-0.2, -0.15) is 5.10 Å². The second-order valence-corrected chi connectivity index (χ2v) is 8.16. The third kappa shape index (κ3) is 2.93. The quantitative estimate of drug-likeness (QED) is 0.505. The SMILES string of the molecule is CC(Nc1nn(C)c(=O)c2cc(=O)n(C3(C(F)F)CC3)cc12)c1cccc2c(F)coc12. The fraction of sp³-hybridized carbons (Fsp3) is 0.318. The molecule has 0 radical (unpaired) electrons. The zero-order valence-corrected chi connectivity index (χ0v) is 17.2. The summed E-state index contributed by atoms with van der Waals surface area (Å²) >= 11 is 0. The summed E-state index contributed by atoms with van der Waals surface area (Å²) in [6.07, 6.45) is -0.0372. The summed E-state index contributed by atoms with van der Waals surface area (Å²) in [6, 6.07) is 5.70. The van der Waals surface area contributed by atoms with Gasteiger partial charge in [-0.1, -0.05) is 12.1 Å². The number of para-hydroxylation sites is 1. The van der Waals surface area contributed by atoms with E-state index in [1.165, 1.54) is 13.2 Å². The standard InChI is InChI=1S/C22H19F3N4O3/c1-11(12-4-3-5-13-16(23)10-32-18(12)13)26-19-15-9-29(22(6-7-22)21(24)25)17(30)8-14(15)20(31)28(2)27-19/h3-5,8-11,21H,6-7H2,1-2H3,(H,26,27). The Kier molecular flexibility index (Phi) is 4.44. The zero-order chi connectivity index (χ0) is 22.8. The number of rotatable bonds is 5. The maximum atomic E-state index is 13.9. The number of anilines is 1. The smallest absolute Gasteiger partial charge is 0.274 e. The van der Waals surface area contributed by atoms with Crippen molar-refractivity contribution in [1.82, 2.24) is 14.3 Å². The van der Waals surface area contributed by atoms with Crippen molar-refractivity contribution in [3.05, 3.63) is 68.8 Å². The molecule has 1 fully saturated rings. The van der Waals surface area contributed by atoms with Crippen LogP contribution in [0.1, 0.15) is 31.4 Å². The summed E-state index contributed by atoms with van der Waals surface area (Å²) in [5.74, 6) is -0.247. The molecule has 0 bridgehead atoms. The molecular weight excluding hydrogens is 425 g/mol. The van der Waals surface area contributed by atoms with Crippen molar-refractivity contribution in [2.24, 2.45) is 7.05 Å². The van der Waals surface area contributed by atoms with Crippen LogP contribution in [-0.2, 0) is 12.6 Å². The van der Waals surface area contributed by atoms with E-state index in [9.17, 15) is 22.8 Å². The molecule has 0 spiro atoms. The highest BCUT2D eigenvalue weighted by molar-refractivity contribution is 5.90. The van der Waals surface area contributed by atoms with Crippen LogP contribution in [0.25, 0.3) is 21.7 Å². The number of hydrogen-bond donors (Lipinski definition) is 1. The molecule has 1 saturated carbocycles. The number of benzene rings is 1. The van der Waals surface area contributed by atoms with Gasteiger partial charge in [0.25, 0.3) is 17.5 Å². The average Bonchev–Trinajstić information content (AvgIpc) is 3.49. The Bertz CT molecular complexity index is 1480. The molecular formula is C22H19F3N4O3. The molecule has 1 aliphatic carbocycles. The number of aromatic nitrogens is 3. The van der Waals surface area contributed by atoms with E-state index in [-0.39, 0.29) is 29.4 Å². The van der Waals surface area contributed by atoms with Gasteiger partial charge in [0.15, 0.2) is 11.6 Å². The number of fused-ring (bicyclic) bond motifs is 2. The largest absolute Gasteiger partial charge is 0.461 e. The Morgan fingerprint density at radius 1 is 1.19 bits per heavy atom. The van der Waals surface area contributed by atoms with Crippen LogP contribution in [0.15, 0.2) is 50.7 Å². The summed E-state index contributed by atoms with van der Waals surface area (Å²) in [4.78, 5) is 25.2. The van der Waals surface area contributed by atoms with Crippen LogP contribution in [-0.4, -0.2) is 20.8 Å². The lowest BCUT2D eigenvalue weighted by atomic mass is 10.1. The fourth-order valence-electron chi connectivity index (χ4n) is 4.14. The molecule has 1 N–H and O–H groups in total. The minimum Gasteiger partial charge on any atom is -0.461 e. The molecule has 1 aromatic carbocycles. The van der Waals surface area contributed by atoms with Gasteiger partial charge in [0.05, 0.1) is 16.8 Å². The molecule has 3 heterocycles. The van der Waals surface area contributed by atoms with Gasteiger partial charge in [-0.05, 0) is 25.8 Å². The number of nitrogens with zero attached hydrogens (tertiary/aromatic N) is 3. The Labute approximate surface area is 179 Å². The van der Waals surface area contributed by atoms with E-state index in [1.807, 2.05) is 0 Å². The topological polar surface area (TPSA) is 82.1 Å². The Hall–Kier alpha value is -3.56. The molecule has 1 aliphatic rings. The minimum atomic E-state index is -2.71. The number of pyridine rings is 1. The number of alkyl halides is 2. The summed E-state index contributed by atoms with van der Waals surface area (Å²) in [5.41, 5.74) is -1.71. The minimum absolute atomic E-state index is 0.0748. The average molecular weight is 444 g/mol. The first-order chi connectivity index (χ1) is 15.2. The number of furan rings is 1. The van der Waals surface area contributed by atoms with Gasteiger partial charge in [0, 0.05) is 30.3 Å². The molecule has 1 unspecified atom stereocenters. The second kappa shape index (κ2) is 6.98. The van der Waals surface area contributed by atoms with Crippen LogP contribution >= 0.6 is 0 Å². The number of halogens is 3. The summed E-state index contributed by atoms with van der Waals surface area (Å²) in [7, 11) is 1.44. The monoisotopic (exact) mass is 444 g/mol. The van der Waals surface area contributed by atoms with E-state index in [1.54, 1.807) is 25.1 Å². The molecule has 1 atom stereocenters. The molecule has 166 valence electrons. The van der Waals surface area contributed by atoms with E-state index in [0.717, 1.165) is 21.6 Å². The van der Waals surface area contributed by atoms with E-state index < -0.39 is 34.9 Å². The zero-order valence-electron chi connectivity index (χ0n) is 17.2. The summed E-state index contributed by atoms with van der Waals surface area (Å²) in [5, 5.41) is 8.08. The molecule has 7 nitrogen and oxygen atoms in total. The first-order valence-electron chi connectivity index (χ1n) is 10.1. The third-order valence-electron chi connectivity index (χ3n) is 6.13. The summed E-state index contributed by atoms with van der Waals surface area (Å²) in [6.45, 7) is 1.80. The number of nitrogens with one attached hydrogen (secondary N) is 1. The van der Waals surface area contributed by atoms with Crippen LogP contribution in [0.5, 0.6) is 0 Å². The van der Waals surface area contributed by atoms with Crippen molar-refractivity contribution in [1.29, 1.82) is 0 Å². The first-order valence-corrected chi connectivity index (χ1v) is 10.1. The first kappa shape index (κ1) is 20.3. The molecule has 32 heavy (non-hydrogen) atoms. The second-order valence-electron chi connectivity index (χ2n) is 8.16. The predicted molar refractivity (Wildman–Crippen MR) is 113 cm³/mol. The van der Waals surface area contributed by atoms with Crippen molar-refractivity contribution in [3.63, 3.8) is 0 Å². The molecule has 5 rings (SSSR count). The van der Waals surface area contributed by atoms with Crippen molar-refractivity contribution < 1.29 is 17.6 Å². The van der Waals surface area contributed by atoms with Crippen LogP contribution < -0.4 is 16.4 Å². The lowest BCUT2D eigenvalue weighted by Crippen LogP contribution is -2.36. The molecule has 10 heteroatoms. The van der Waals surface area contributed by atoms with Crippen LogP contribution in [0.4, 0.5) is 19.0 Å². The van der Waals surface area contributed by atoms with E-state index in [2.05, 4.69) is 10.4 Å². The van der Waals surface area contributed by atoms with Crippen molar-refractivity contribution in [3.8, 4) is 0 Å². The Morgan fingerprint density at radius 3 is 2.62 bits per heavy atom. The lowest BCUT2D eigenvalue weighted by Gasteiger charge is -2.21. The number of aryl methyl sites for hydroxylation is 1. The number of hydrogen-bond acceptors (Lipinski definition) is 5. The maximum Gasteiger partial charge on any atom is 0.274 e. The van der Waals surface area contributed by atoms with Gasteiger partial charge in [-0.15, -0.1) is 0 Å². The van der Waals surface area contributed by atoms with Crippen molar-refractivity contribution in [2.75, 3.05) is 5.32 Å². The Balaban J connectivity index is 1.65. The van der Waals surface area contributed by atoms with Gasteiger partial charge >= 0.3 is 0 Å². The molecule has 0 amide bonds. The Morgan fingerprint density at radius 2 is 1.94 bits per heavy atom. The molecule has 4 aromatic rings. The van der Waals surface area contributed by atoms with Gasteiger partial charge in [-0.25, -0.2) is 17.9 Å². The van der Waals surface area contributed by atoms with Crippen LogP contribution in [0.2, 0.25) is 0 Å². The van der Waals surface area contributed by atoms with Gasteiger partial charge in [0.2, 0.25) is 0 Å². The van der Waals surface area contributed by atoms with Gasteiger partial charge < -0.3 is 14.3 Å². The predicted octanol–water partition coefficient (Wildman–Crippen LogP) is 3.91. The molecule has 0 aliphatic heterocycles. The van der Waals surface area contributed by atoms with E-state index >= 15 is 0 Å².